The standard InChI is InChI=1S/C21H27FN4O2S/c1-2-24(15-20(27)23-14-17-6-5-13-29-17)16-21(28)26-11-9-25(10-12-26)19-8-4-3-7-18(19)22/h3-8,13H,2,9-12,14-16H2,1H3,(H,23,27). The summed E-state index contributed by atoms with van der Waals surface area (Å²) < 4.78 is 14.0. The van der Waals surface area contributed by atoms with E-state index in [2.05, 4.69) is 5.32 Å². The van der Waals surface area contributed by atoms with E-state index in [-0.39, 0.29) is 30.7 Å². The van der Waals surface area contributed by atoms with E-state index in [1.54, 1.807) is 28.4 Å². The first-order valence-electron chi connectivity index (χ1n) is 9.85. The predicted octanol–water partition coefficient (Wildman–Crippen LogP) is 2.17. The minimum Gasteiger partial charge on any atom is -0.366 e. The second-order valence-electron chi connectivity index (χ2n) is 6.98. The summed E-state index contributed by atoms with van der Waals surface area (Å²) in [6.07, 6.45) is 0. The lowest BCUT2D eigenvalue weighted by molar-refractivity contribution is -0.133. The third-order valence-electron chi connectivity index (χ3n) is 5.04. The van der Waals surface area contributed by atoms with E-state index in [1.807, 2.05) is 40.3 Å². The van der Waals surface area contributed by atoms with Gasteiger partial charge in [0.05, 0.1) is 25.3 Å². The van der Waals surface area contributed by atoms with Crippen LogP contribution in [0, 0.1) is 5.82 Å². The molecule has 1 saturated heterocycles. The van der Waals surface area contributed by atoms with E-state index >= 15 is 0 Å². The number of hydrogen-bond acceptors (Lipinski definition) is 5. The summed E-state index contributed by atoms with van der Waals surface area (Å²) in [6.45, 7) is 5.78. The van der Waals surface area contributed by atoms with Gasteiger partial charge in [-0.05, 0) is 30.1 Å². The van der Waals surface area contributed by atoms with E-state index in [4.69, 9.17) is 0 Å². The first-order chi connectivity index (χ1) is 14.1. The molecule has 2 heterocycles. The summed E-state index contributed by atoms with van der Waals surface area (Å²) in [7, 11) is 0. The second kappa shape index (κ2) is 10.4. The van der Waals surface area contributed by atoms with Crippen LogP contribution in [0.25, 0.3) is 0 Å². The fraction of sp³-hybridized carbons (Fsp3) is 0.429. The zero-order chi connectivity index (χ0) is 20.6. The number of anilines is 1. The normalized spacial score (nSPS) is 14.3. The van der Waals surface area contributed by atoms with Crippen molar-refractivity contribution in [1.29, 1.82) is 0 Å². The number of likely N-dealkylation sites (N-methyl/N-ethyl adjacent to an activating group) is 1. The van der Waals surface area contributed by atoms with Gasteiger partial charge in [0.15, 0.2) is 0 Å². The molecule has 1 fully saturated rings. The highest BCUT2D eigenvalue weighted by Gasteiger charge is 2.24. The first-order valence-corrected chi connectivity index (χ1v) is 10.7. The highest BCUT2D eigenvalue weighted by Crippen LogP contribution is 2.20. The van der Waals surface area contributed by atoms with Crippen molar-refractivity contribution >= 4 is 28.8 Å². The van der Waals surface area contributed by atoms with Gasteiger partial charge < -0.3 is 15.1 Å². The number of hydrogen-bond donors (Lipinski definition) is 1. The van der Waals surface area contributed by atoms with Crippen molar-refractivity contribution < 1.29 is 14.0 Å². The maximum atomic E-state index is 14.0. The molecule has 0 bridgehead atoms. The van der Waals surface area contributed by atoms with Gasteiger partial charge in [-0.15, -0.1) is 11.3 Å². The number of rotatable bonds is 8. The Morgan fingerprint density at radius 1 is 1.10 bits per heavy atom. The van der Waals surface area contributed by atoms with Gasteiger partial charge in [0.25, 0.3) is 0 Å². The van der Waals surface area contributed by atoms with E-state index in [0.717, 1.165) is 4.88 Å². The maximum Gasteiger partial charge on any atom is 0.236 e. The lowest BCUT2D eigenvalue weighted by atomic mass is 10.2. The Morgan fingerprint density at radius 2 is 1.86 bits per heavy atom. The van der Waals surface area contributed by atoms with Gasteiger partial charge in [0, 0.05) is 31.1 Å². The molecule has 1 aromatic carbocycles. The van der Waals surface area contributed by atoms with Crippen LogP contribution in [0.15, 0.2) is 41.8 Å². The molecule has 1 aliphatic rings. The summed E-state index contributed by atoms with van der Waals surface area (Å²) in [5.41, 5.74) is 0.581. The zero-order valence-corrected chi connectivity index (χ0v) is 17.5. The molecule has 0 atom stereocenters. The predicted molar refractivity (Wildman–Crippen MR) is 113 cm³/mol. The van der Waals surface area contributed by atoms with Crippen LogP contribution in [0.5, 0.6) is 0 Å². The molecule has 0 unspecified atom stereocenters. The Labute approximate surface area is 174 Å². The third-order valence-corrected chi connectivity index (χ3v) is 5.92. The third kappa shape index (κ3) is 6.01. The van der Waals surface area contributed by atoms with Crippen LogP contribution in [0.3, 0.4) is 0 Å². The van der Waals surface area contributed by atoms with Crippen LogP contribution in [-0.4, -0.2) is 67.4 Å². The van der Waals surface area contributed by atoms with Gasteiger partial charge in [-0.25, -0.2) is 4.39 Å². The summed E-state index contributed by atoms with van der Waals surface area (Å²) in [4.78, 5) is 31.6. The fourth-order valence-corrected chi connectivity index (χ4v) is 3.98. The van der Waals surface area contributed by atoms with Crippen LogP contribution in [0.1, 0.15) is 11.8 Å². The second-order valence-corrected chi connectivity index (χ2v) is 8.01. The van der Waals surface area contributed by atoms with Crippen LogP contribution in [0.4, 0.5) is 10.1 Å². The van der Waals surface area contributed by atoms with Crippen molar-refractivity contribution in [3.63, 3.8) is 0 Å². The van der Waals surface area contributed by atoms with E-state index in [0.29, 0.717) is 45.0 Å². The topological polar surface area (TPSA) is 55.9 Å². The first kappa shape index (κ1) is 21.3. The van der Waals surface area contributed by atoms with E-state index in [9.17, 15) is 14.0 Å². The van der Waals surface area contributed by atoms with Crippen molar-refractivity contribution in [2.45, 2.75) is 13.5 Å². The average Bonchev–Trinajstić information content (AvgIpc) is 3.26. The summed E-state index contributed by atoms with van der Waals surface area (Å²) in [5.74, 6) is -0.318. The quantitative estimate of drug-likeness (QED) is 0.714. The Bertz CT molecular complexity index is 807. The molecule has 0 aliphatic carbocycles. The van der Waals surface area contributed by atoms with Gasteiger partial charge >= 0.3 is 0 Å². The molecule has 6 nitrogen and oxygen atoms in total. The molecule has 29 heavy (non-hydrogen) atoms. The molecule has 1 aliphatic heterocycles. The van der Waals surface area contributed by atoms with E-state index in [1.165, 1.54) is 6.07 Å². The largest absolute Gasteiger partial charge is 0.366 e. The molecule has 0 saturated carbocycles. The van der Waals surface area contributed by atoms with E-state index < -0.39 is 0 Å². The van der Waals surface area contributed by atoms with Crippen molar-refractivity contribution in [2.24, 2.45) is 0 Å². The molecule has 0 spiro atoms. The Kier molecular flexibility index (Phi) is 7.60. The zero-order valence-electron chi connectivity index (χ0n) is 16.6. The number of amides is 2. The molecular weight excluding hydrogens is 391 g/mol. The lowest BCUT2D eigenvalue weighted by Crippen LogP contribution is -2.52. The summed E-state index contributed by atoms with van der Waals surface area (Å²) >= 11 is 1.60. The number of carbonyl (C=O) groups is 2. The Morgan fingerprint density at radius 3 is 2.52 bits per heavy atom. The Balaban J connectivity index is 1.44. The molecule has 2 aromatic rings. The molecule has 2 amide bonds. The number of benzene rings is 1. The molecule has 8 heteroatoms. The lowest BCUT2D eigenvalue weighted by Gasteiger charge is -2.37. The number of piperazine rings is 1. The minimum atomic E-state index is -0.238. The number of nitrogens with zero attached hydrogens (tertiary/aromatic N) is 3. The monoisotopic (exact) mass is 418 g/mol. The van der Waals surface area contributed by atoms with Crippen LogP contribution < -0.4 is 10.2 Å². The smallest absolute Gasteiger partial charge is 0.236 e. The molecular formula is C21H27FN4O2S. The number of nitrogens with one attached hydrogen (secondary N) is 1. The van der Waals surface area contributed by atoms with Crippen molar-refractivity contribution in [2.75, 3.05) is 50.7 Å². The number of para-hydroxylation sites is 1. The van der Waals surface area contributed by atoms with Gasteiger partial charge in [-0.1, -0.05) is 25.1 Å². The summed E-state index contributed by atoms with van der Waals surface area (Å²) in [6, 6.07) is 10.6. The van der Waals surface area contributed by atoms with Crippen molar-refractivity contribution in [3.8, 4) is 0 Å². The number of halogens is 1. The molecule has 1 aromatic heterocycles. The maximum absolute atomic E-state index is 14.0. The van der Waals surface area contributed by atoms with Gasteiger partial charge in [0.2, 0.25) is 11.8 Å². The Hall–Kier alpha value is -2.45. The number of carbonyl (C=O) groups excluding carboxylic acids is 2. The number of thiophene rings is 1. The minimum absolute atomic E-state index is 0.00564. The van der Waals surface area contributed by atoms with Crippen LogP contribution >= 0.6 is 11.3 Å². The highest BCUT2D eigenvalue weighted by molar-refractivity contribution is 7.09. The molecule has 0 radical (unpaired) electrons. The highest BCUT2D eigenvalue weighted by atomic mass is 32.1. The van der Waals surface area contributed by atoms with Gasteiger partial charge in [-0.2, -0.15) is 0 Å². The van der Waals surface area contributed by atoms with Crippen molar-refractivity contribution in [3.05, 3.63) is 52.5 Å². The SMILES string of the molecule is CCN(CC(=O)NCc1cccs1)CC(=O)N1CCN(c2ccccc2F)CC1. The molecule has 1 N–H and O–H groups in total. The summed E-state index contributed by atoms with van der Waals surface area (Å²) in [5, 5.41) is 4.87. The average molecular weight is 419 g/mol. The fourth-order valence-electron chi connectivity index (χ4n) is 3.33. The molecule has 156 valence electrons. The van der Waals surface area contributed by atoms with Crippen LogP contribution in [0.2, 0.25) is 0 Å². The van der Waals surface area contributed by atoms with Gasteiger partial charge in [0.1, 0.15) is 5.82 Å². The molecule has 3 rings (SSSR count). The van der Waals surface area contributed by atoms with Crippen molar-refractivity contribution in [1.82, 2.24) is 15.1 Å². The van der Waals surface area contributed by atoms with Crippen LogP contribution in [-0.2, 0) is 16.1 Å². The van der Waals surface area contributed by atoms with Gasteiger partial charge in [-0.3, -0.25) is 14.5 Å².